The zero-order valence-electron chi connectivity index (χ0n) is 11.5. The molecule has 0 spiro atoms. The summed E-state index contributed by atoms with van der Waals surface area (Å²) in [6.45, 7) is 1.90. The van der Waals surface area contributed by atoms with Gasteiger partial charge in [0, 0.05) is 12.1 Å². The molecule has 1 aromatic carbocycles. The summed E-state index contributed by atoms with van der Waals surface area (Å²) in [5, 5.41) is 12.4. The predicted molar refractivity (Wildman–Crippen MR) is 77.7 cm³/mol. The number of halogens is 1. The standard InChI is InChI=1S/C14H18ClN3O2/c1-9(10-5-3-4-6-11(10)15)18(2)13(19)14(7-8-14)12(16)17-20/h3-6,9,20H,7-8H2,1-2H3,(H2,16,17). The van der Waals surface area contributed by atoms with Crippen LogP contribution in [0, 0.1) is 5.41 Å². The number of amidine groups is 1. The van der Waals surface area contributed by atoms with Crippen molar-refractivity contribution in [3.63, 3.8) is 0 Å². The van der Waals surface area contributed by atoms with Gasteiger partial charge in [0.2, 0.25) is 5.91 Å². The minimum absolute atomic E-state index is 0.0132. The number of hydrogen-bond donors (Lipinski definition) is 2. The first-order chi connectivity index (χ1) is 9.44. The Morgan fingerprint density at radius 1 is 1.50 bits per heavy atom. The molecule has 6 heteroatoms. The molecule has 1 amide bonds. The Kier molecular flexibility index (Phi) is 3.90. The minimum atomic E-state index is -0.834. The van der Waals surface area contributed by atoms with E-state index in [0.29, 0.717) is 17.9 Å². The highest BCUT2D eigenvalue weighted by Crippen LogP contribution is 2.48. The van der Waals surface area contributed by atoms with E-state index in [4.69, 9.17) is 22.5 Å². The third-order valence-electron chi connectivity index (χ3n) is 4.01. The van der Waals surface area contributed by atoms with Crippen molar-refractivity contribution in [1.29, 1.82) is 0 Å². The lowest BCUT2D eigenvalue weighted by atomic mass is 10.0. The first-order valence-electron chi connectivity index (χ1n) is 6.43. The van der Waals surface area contributed by atoms with Crippen LogP contribution in [-0.2, 0) is 4.79 Å². The Labute approximate surface area is 123 Å². The molecule has 0 heterocycles. The lowest BCUT2D eigenvalue weighted by Crippen LogP contribution is -2.42. The molecule has 1 fully saturated rings. The van der Waals surface area contributed by atoms with Gasteiger partial charge >= 0.3 is 0 Å². The van der Waals surface area contributed by atoms with Gasteiger partial charge in [-0.3, -0.25) is 4.79 Å². The average Bonchev–Trinajstić information content (AvgIpc) is 3.26. The second-order valence-corrected chi connectivity index (χ2v) is 5.59. The van der Waals surface area contributed by atoms with E-state index in [1.54, 1.807) is 18.0 Å². The third-order valence-corrected chi connectivity index (χ3v) is 4.36. The van der Waals surface area contributed by atoms with Crippen molar-refractivity contribution in [1.82, 2.24) is 4.90 Å². The Bertz CT molecular complexity index is 555. The van der Waals surface area contributed by atoms with E-state index in [2.05, 4.69) is 5.16 Å². The van der Waals surface area contributed by atoms with Gasteiger partial charge in [-0.25, -0.2) is 0 Å². The van der Waals surface area contributed by atoms with Gasteiger partial charge in [-0.15, -0.1) is 0 Å². The third kappa shape index (κ3) is 2.33. The molecule has 1 aliphatic carbocycles. The van der Waals surface area contributed by atoms with Crippen molar-refractivity contribution in [3.8, 4) is 0 Å². The molecule has 0 aliphatic heterocycles. The van der Waals surface area contributed by atoms with Crippen LogP contribution in [-0.4, -0.2) is 28.9 Å². The summed E-state index contributed by atoms with van der Waals surface area (Å²) in [6, 6.07) is 7.23. The highest BCUT2D eigenvalue weighted by molar-refractivity contribution is 6.31. The summed E-state index contributed by atoms with van der Waals surface area (Å²) < 4.78 is 0. The molecule has 3 N–H and O–H groups in total. The van der Waals surface area contributed by atoms with Crippen LogP contribution >= 0.6 is 11.6 Å². The molecule has 0 radical (unpaired) electrons. The molecular weight excluding hydrogens is 278 g/mol. The summed E-state index contributed by atoms with van der Waals surface area (Å²) in [6.07, 6.45) is 1.22. The summed E-state index contributed by atoms with van der Waals surface area (Å²) in [5.41, 5.74) is 5.69. The smallest absolute Gasteiger partial charge is 0.236 e. The summed E-state index contributed by atoms with van der Waals surface area (Å²) in [5.74, 6) is -0.152. The van der Waals surface area contributed by atoms with Gasteiger partial charge in [0.05, 0.1) is 6.04 Å². The topological polar surface area (TPSA) is 78.9 Å². The van der Waals surface area contributed by atoms with E-state index >= 15 is 0 Å². The second-order valence-electron chi connectivity index (χ2n) is 5.18. The van der Waals surface area contributed by atoms with Crippen LogP contribution in [0.15, 0.2) is 29.4 Å². The van der Waals surface area contributed by atoms with Gasteiger partial charge in [-0.05, 0) is 31.4 Å². The lowest BCUT2D eigenvalue weighted by Gasteiger charge is -2.29. The summed E-state index contributed by atoms with van der Waals surface area (Å²) >= 11 is 6.16. The minimum Gasteiger partial charge on any atom is -0.409 e. The van der Waals surface area contributed by atoms with Gasteiger partial charge in [-0.1, -0.05) is 35.0 Å². The monoisotopic (exact) mass is 295 g/mol. The lowest BCUT2D eigenvalue weighted by molar-refractivity contribution is -0.135. The number of nitrogens with two attached hydrogens (primary N) is 1. The molecule has 5 nitrogen and oxygen atoms in total. The van der Waals surface area contributed by atoms with Crippen molar-refractivity contribution in [2.75, 3.05) is 7.05 Å². The molecule has 1 aromatic rings. The highest BCUT2D eigenvalue weighted by atomic mass is 35.5. The fraction of sp³-hybridized carbons (Fsp3) is 0.429. The number of oxime groups is 1. The highest BCUT2D eigenvalue weighted by Gasteiger charge is 2.55. The molecule has 2 rings (SSSR count). The zero-order valence-corrected chi connectivity index (χ0v) is 12.3. The van der Waals surface area contributed by atoms with Crippen molar-refractivity contribution in [2.45, 2.75) is 25.8 Å². The molecule has 20 heavy (non-hydrogen) atoms. The van der Waals surface area contributed by atoms with Gasteiger partial charge in [0.15, 0.2) is 5.84 Å². The van der Waals surface area contributed by atoms with Crippen LogP contribution in [0.4, 0.5) is 0 Å². The van der Waals surface area contributed by atoms with Crippen molar-refractivity contribution >= 4 is 23.3 Å². The fourth-order valence-corrected chi connectivity index (χ4v) is 2.63. The first-order valence-corrected chi connectivity index (χ1v) is 6.81. The van der Waals surface area contributed by atoms with Crippen LogP contribution < -0.4 is 5.73 Å². The Balaban J connectivity index is 2.22. The molecule has 108 valence electrons. The quantitative estimate of drug-likeness (QED) is 0.387. The number of benzene rings is 1. The molecular formula is C14H18ClN3O2. The number of hydrogen-bond acceptors (Lipinski definition) is 3. The second kappa shape index (κ2) is 5.32. The predicted octanol–water partition coefficient (Wildman–Crippen LogP) is 2.39. The summed E-state index contributed by atoms with van der Waals surface area (Å²) in [4.78, 5) is 14.2. The van der Waals surface area contributed by atoms with E-state index < -0.39 is 5.41 Å². The number of nitrogens with zero attached hydrogens (tertiary/aromatic N) is 2. The van der Waals surface area contributed by atoms with Gasteiger partial charge < -0.3 is 15.8 Å². The number of carbonyl (C=O) groups is 1. The van der Waals surface area contributed by atoms with Crippen LogP contribution in [0.1, 0.15) is 31.4 Å². The van der Waals surface area contributed by atoms with Crippen LogP contribution in [0.25, 0.3) is 0 Å². The molecule has 1 aliphatic rings. The maximum Gasteiger partial charge on any atom is 0.236 e. The number of rotatable bonds is 4. The molecule has 1 unspecified atom stereocenters. The largest absolute Gasteiger partial charge is 0.409 e. The van der Waals surface area contributed by atoms with E-state index in [1.807, 2.05) is 25.1 Å². The summed E-state index contributed by atoms with van der Waals surface area (Å²) in [7, 11) is 1.71. The van der Waals surface area contributed by atoms with Gasteiger partial charge in [-0.2, -0.15) is 0 Å². The van der Waals surface area contributed by atoms with Gasteiger partial charge in [0.25, 0.3) is 0 Å². The van der Waals surface area contributed by atoms with Crippen molar-refractivity contribution in [3.05, 3.63) is 34.9 Å². The van der Waals surface area contributed by atoms with E-state index in [0.717, 1.165) is 5.56 Å². The molecule has 1 atom stereocenters. The molecule has 0 bridgehead atoms. The Morgan fingerprint density at radius 3 is 2.60 bits per heavy atom. The zero-order chi connectivity index (χ0) is 14.9. The van der Waals surface area contributed by atoms with Crippen molar-refractivity contribution < 1.29 is 10.0 Å². The first kappa shape index (κ1) is 14.7. The maximum absolute atomic E-state index is 12.6. The van der Waals surface area contributed by atoms with E-state index in [-0.39, 0.29) is 17.8 Å². The van der Waals surface area contributed by atoms with Crippen molar-refractivity contribution in [2.24, 2.45) is 16.3 Å². The average molecular weight is 296 g/mol. The normalized spacial score (nSPS) is 18.4. The van der Waals surface area contributed by atoms with Crippen LogP contribution in [0.5, 0.6) is 0 Å². The SMILES string of the molecule is CC(c1ccccc1Cl)N(C)C(=O)C1(/C(N)=N/O)CC1. The van der Waals surface area contributed by atoms with Gasteiger partial charge in [0.1, 0.15) is 5.41 Å². The molecule has 0 saturated heterocycles. The fourth-order valence-electron chi connectivity index (χ4n) is 2.34. The number of amides is 1. The molecule has 0 aromatic heterocycles. The Morgan fingerprint density at radius 2 is 2.10 bits per heavy atom. The van der Waals surface area contributed by atoms with E-state index in [9.17, 15) is 4.79 Å². The molecule has 1 saturated carbocycles. The van der Waals surface area contributed by atoms with E-state index in [1.165, 1.54) is 0 Å². The number of carbonyl (C=O) groups excluding carboxylic acids is 1. The Hall–Kier alpha value is -1.75. The van der Waals surface area contributed by atoms with Crippen LogP contribution in [0.3, 0.4) is 0 Å². The van der Waals surface area contributed by atoms with Crippen LogP contribution in [0.2, 0.25) is 5.02 Å². The maximum atomic E-state index is 12.6.